The van der Waals surface area contributed by atoms with Gasteiger partial charge in [-0.2, -0.15) is 0 Å². The van der Waals surface area contributed by atoms with Crippen molar-refractivity contribution in [1.29, 1.82) is 0 Å². The Morgan fingerprint density at radius 2 is 1.86 bits per heavy atom. The molecule has 0 spiro atoms. The SMILES string of the molecule is CCCC1(C(=O)N2CCC(N3CCCC3)CC2)CCCN1. The van der Waals surface area contributed by atoms with Crippen LogP contribution in [0.5, 0.6) is 0 Å². The summed E-state index contributed by atoms with van der Waals surface area (Å²) in [6, 6.07) is 0.732. The van der Waals surface area contributed by atoms with Crippen LogP contribution in [0.2, 0.25) is 0 Å². The quantitative estimate of drug-likeness (QED) is 0.861. The number of hydrogen-bond donors (Lipinski definition) is 1. The molecule has 1 atom stereocenters. The van der Waals surface area contributed by atoms with Gasteiger partial charge in [0.05, 0.1) is 5.54 Å². The van der Waals surface area contributed by atoms with Crippen molar-refractivity contribution in [3.63, 3.8) is 0 Å². The molecule has 3 saturated heterocycles. The standard InChI is InChI=1S/C17H31N3O/c1-2-8-17(9-5-10-18-17)16(21)20-13-6-15(7-14-20)19-11-3-4-12-19/h15,18H,2-14H2,1H3. The third kappa shape index (κ3) is 3.11. The van der Waals surface area contributed by atoms with E-state index < -0.39 is 0 Å². The van der Waals surface area contributed by atoms with E-state index in [1.165, 1.54) is 38.8 Å². The van der Waals surface area contributed by atoms with E-state index in [-0.39, 0.29) is 5.54 Å². The lowest BCUT2D eigenvalue weighted by Crippen LogP contribution is -2.57. The van der Waals surface area contributed by atoms with Gasteiger partial charge in [0.1, 0.15) is 0 Å². The predicted octanol–water partition coefficient (Wildman–Crippen LogP) is 2.00. The largest absolute Gasteiger partial charge is 0.341 e. The number of piperidine rings is 1. The normalized spacial score (nSPS) is 32.0. The summed E-state index contributed by atoms with van der Waals surface area (Å²) in [6.45, 7) is 7.69. The van der Waals surface area contributed by atoms with Crippen LogP contribution < -0.4 is 5.32 Å². The van der Waals surface area contributed by atoms with Gasteiger partial charge in [-0.15, -0.1) is 0 Å². The number of amides is 1. The van der Waals surface area contributed by atoms with E-state index >= 15 is 0 Å². The van der Waals surface area contributed by atoms with E-state index in [0.29, 0.717) is 5.91 Å². The zero-order valence-electron chi connectivity index (χ0n) is 13.6. The molecule has 3 heterocycles. The van der Waals surface area contributed by atoms with Gasteiger partial charge in [-0.1, -0.05) is 13.3 Å². The van der Waals surface area contributed by atoms with Crippen LogP contribution in [0.1, 0.15) is 58.3 Å². The Balaban J connectivity index is 1.56. The second-order valence-corrected chi connectivity index (χ2v) is 7.13. The molecule has 1 amide bonds. The van der Waals surface area contributed by atoms with Gasteiger partial charge in [-0.25, -0.2) is 0 Å². The van der Waals surface area contributed by atoms with Gasteiger partial charge in [0.15, 0.2) is 0 Å². The van der Waals surface area contributed by atoms with Gasteiger partial charge >= 0.3 is 0 Å². The minimum absolute atomic E-state index is 0.227. The first kappa shape index (κ1) is 15.3. The van der Waals surface area contributed by atoms with Crippen LogP contribution in [0.3, 0.4) is 0 Å². The minimum atomic E-state index is -0.227. The molecule has 0 radical (unpaired) electrons. The van der Waals surface area contributed by atoms with Gasteiger partial charge in [-0.3, -0.25) is 4.79 Å². The Morgan fingerprint density at radius 3 is 2.43 bits per heavy atom. The van der Waals surface area contributed by atoms with Crippen molar-refractivity contribution in [1.82, 2.24) is 15.1 Å². The number of likely N-dealkylation sites (tertiary alicyclic amines) is 2. The maximum absolute atomic E-state index is 13.0. The van der Waals surface area contributed by atoms with Crippen molar-refractivity contribution in [3.05, 3.63) is 0 Å². The predicted molar refractivity (Wildman–Crippen MR) is 85.3 cm³/mol. The molecule has 0 aromatic rings. The van der Waals surface area contributed by atoms with E-state index in [1.807, 2.05) is 0 Å². The summed E-state index contributed by atoms with van der Waals surface area (Å²) >= 11 is 0. The van der Waals surface area contributed by atoms with E-state index in [9.17, 15) is 4.79 Å². The third-order valence-electron chi connectivity index (χ3n) is 5.74. The molecule has 0 aliphatic carbocycles. The summed E-state index contributed by atoms with van der Waals surface area (Å²) in [5.74, 6) is 0.390. The molecule has 120 valence electrons. The molecule has 3 aliphatic heterocycles. The summed E-state index contributed by atoms with van der Waals surface area (Å²) in [5.41, 5.74) is -0.227. The monoisotopic (exact) mass is 293 g/mol. The fraction of sp³-hybridized carbons (Fsp3) is 0.941. The molecule has 21 heavy (non-hydrogen) atoms. The molecule has 0 aromatic heterocycles. The molecule has 3 aliphatic rings. The second kappa shape index (κ2) is 6.66. The molecular weight excluding hydrogens is 262 g/mol. The lowest BCUT2D eigenvalue weighted by atomic mass is 9.89. The van der Waals surface area contributed by atoms with Crippen LogP contribution in [0, 0.1) is 0 Å². The average molecular weight is 293 g/mol. The number of nitrogens with zero attached hydrogens (tertiary/aromatic N) is 2. The van der Waals surface area contributed by atoms with Gasteiger partial charge < -0.3 is 15.1 Å². The van der Waals surface area contributed by atoms with Gasteiger partial charge in [0.2, 0.25) is 5.91 Å². The van der Waals surface area contributed by atoms with E-state index in [2.05, 4.69) is 22.0 Å². The molecule has 0 saturated carbocycles. The van der Waals surface area contributed by atoms with Crippen molar-refractivity contribution in [3.8, 4) is 0 Å². The van der Waals surface area contributed by atoms with Crippen molar-refractivity contribution in [2.24, 2.45) is 0 Å². The molecule has 1 unspecified atom stereocenters. The van der Waals surface area contributed by atoms with Crippen LogP contribution in [0.25, 0.3) is 0 Å². The maximum Gasteiger partial charge on any atom is 0.242 e. The molecule has 4 heteroatoms. The van der Waals surface area contributed by atoms with Gasteiger partial charge in [0.25, 0.3) is 0 Å². The number of rotatable bonds is 4. The van der Waals surface area contributed by atoms with E-state index in [4.69, 9.17) is 0 Å². The Labute approximate surface area is 129 Å². The highest BCUT2D eigenvalue weighted by atomic mass is 16.2. The average Bonchev–Trinajstić information content (AvgIpc) is 3.19. The summed E-state index contributed by atoms with van der Waals surface area (Å²) in [5, 5.41) is 3.53. The minimum Gasteiger partial charge on any atom is -0.341 e. The zero-order valence-corrected chi connectivity index (χ0v) is 13.6. The fourth-order valence-corrected chi connectivity index (χ4v) is 4.58. The highest BCUT2D eigenvalue weighted by Gasteiger charge is 2.43. The zero-order chi connectivity index (χ0) is 14.7. The van der Waals surface area contributed by atoms with Gasteiger partial charge in [-0.05, 0) is 64.6 Å². The Kier molecular flexibility index (Phi) is 4.85. The Bertz CT molecular complexity index is 351. The van der Waals surface area contributed by atoms with Crippen molar-refractivity contribution in [2.45, 2.75) is 69.9 Å². The second-order valence-electron chi connectivity index (χ2n) is 7.13. The topological polar surface area (TPSA) is 35.6 Å². The number of carbonyl (C=O) groups excluding carboxylic acids is 1. The van der Waals surface area contributed by atoms with Crippen LogP contribution in [0.15, 0.2) is 0 Å². The van der Waals surface area contributed by atoms with Crippen LogP contribution in [-0.4, -0.2) is 60.0 Å². The first-order chi connectivity index (χ1) is 10.2. The van der Waals surface area contributed by atoms with Gasteiger partial charge in [0, 0.05) is 19.1 Å². The summed E-state index contributed by atoms with van der Waals surface area (Å²) in [4.78, 5) is 17.8. The molecular formula is C17H31N3O. The maximum atomic E-state index is 13.0. The van der Waals surface area contributed by atoms with E-state index in [1.54, 1.807) is 0 Å². The molecule has 0 bridgehead atoms. The number of hydrogen-bond acceptors (Lipinski definition) is 3. The smallest absolute Gasteiger partial charge is 0.242 e. The van der Waals surface area contributed by atoms with Crippen molar-refractivity contribution in [2.75, 3.05) is 32.7 Å². The molecule has 3 rings (SSSR count). The van der Waals surface area contributed by atoms with Crippen LogP contribution >= 0.6 is 0 Å². The highest BCUT2D eigenvalue weighted by Crippen LogP contribution is 2.29. The summed E-state index contributed by atoms with van der Waals surface area (Å²) in [7, 11) is 0. The Morgan fingerprint density at radius 1 is 1.14 bits per heavy atom. The Hall–Kier alpha value is -0.610. The third-order valence-corrected chi connectivity index (χ3v) is 5.74. The lowest BCUT2D eigenvalue weighted by molar-refractivity contribution is -0.139. The van der Waals surface area contributed by atoms with Crippen LogP contribution in [0.4, 0.5) is 0 Å². The summed E-state index contributed by atoms with van der Waals surface area (Å²) < 4.78 is 0. The van der Waals surface area contributed by atoms with E-state index in [0.717, 1.165) is 51.4 Å². The molecule has 0 aromatic carbocycles. The summed E-state index contributed by atoms with van der Waals surface area (Å²) in [6.07, 6.45) is 9.34. The highest BCUT2D eigenvalue weighted by molar-refractivity contribution is 5.86. The number of nitrogens with one attached hydrogen (secondary N) is 1. The molecule has 3 fully saturated rings. The fourth-order valence-electron chi connectivity index (χ4n) is 4.58. The first-order valence-electron chi connectivity index (χ1n) is 9.04. The number of carbonyl (C=O) groups is 1. The molecule has 4 nitrogen and oxygen atoms in total. The van der Waals surface area contributed by atoms with Crippen LogP contribution in [-0.2, 0) is 4.79 Å². The lowest BCUT2D eigenvalue weighted by Gasteiger charge is -2.40. The van der Waals surface area contributed by atoms with Crippen molar-refractivity contribution >= 4 is 5.91 Å². The molecule has 1 N–H and O–H groups in total. The first-order valence-corrected chi connectivity index (χ1v) is 9.04. The van der Waals surface area contributed by atoms with Crippen molar-refractivity contribution < 1.29 is 4.79 Å².